The molecule has 1 heterocycles. The topological polar surface area (TPSA) is 38.7 Å². The SMILES string of the molecule is CC(C)Oc1ccc(C2(C(C)(C)O)COC2)cc1. The fourth-order valence-electron chi connectivity index (χ4n) is 2.30. The van der Waals surface area contributed by atoms with Gasteiger partial charge in [-0.05, 0) is 45.4 Å². The van der Waals surface area contributed by atoms with Gasteiger partial charge < -0.3 is 14.6 Å². The van der Waals surface area contributed by atoms with Gasteiger partial charge in [0, 0.05) is 0 Å². The van der Waals surface area contributed by atoms with Gasteiger partial charge in [0.05, 0.1) is 30.3 Å². The van der Waals surface area contributed by atoms with E-state index in [-0.39, 0.29) is 11.5 Å². The molecule has 0 spiro atoms. The average Bonchev–Trinajstić information content (AvgIpc) is 2.15. The normalized spacial score (nSPS) is 18.6. The Hall–Kier alpha value is -1.06. The molecule has 1 fully saturated rings. The average molecular weight is 250 g/mol. The lowest BCUT2D eigenvalue weighted by atomic mass is 9.67. The number of aliphatic hydroxyl groups is 1. The second-order valence-corrected chi connectivity index (χ2v) is 5.82. The minimum Gasteiger partial charge on any atom is -0.491 e. The van der Waals surface area contributed by atoms with E-state index in [1.165, 1.54) is 0 Å². The largest absolute Gasteiger partial charge is 0.491 e. The zero-order valence-electron chi connectivity index (χ0n) is 11.6. The van der Waals surface area contributed by atoms with E-state index in [1.807, 2.05) is 52.0 Å². The van der Waals surface area contributed by atoms with Crippen molar-refractivity contribution in [3.63, 3.8) is 0 Å². The maximum atomic E-state index is 10.3. The molecule has 1 saturated heterocycles. The Morgan fingerprint density at radius 2 is 1.78 bits per heavy atom. The molecule has 1 aromatic rings. The third kappa shape index (κ3) is 2.25. The van der Waals surface area contributed by atoms with Crippen molar-refractivity contribution >= 4 is 0 Å². The first-order chi connectivity index (χ1) is 8.35. The molecule has 3 heteroatoms. The van der Waals surface area contributed by atoms with Crippen LogP contribution in [0, 0.1) is 0 Å². The van der Waals surface area contributed by atoms with Crippen LogP contribution in [-0.4, -0.2) is 30.0 Å². The second-order valence-electron chi connectivity index (χ2n) is 5.82. The molecule has 0 saturated carbocycles. The van der Waals surface area contributed by atoms with Crippen molar-refractivity contribution in [1.29, 1.82) is 0 Å². The Labute approximate surface area is 109 Å². The Morgan fingerprint density at radius 3 is 2.11 bits per heavy atom. The van der Waals surface area contributed by atoms with Crippen LogP contribution in [-0.2, 0) is 10.2 Å². The van der Waals surface area contributed by atoms with Gasteiger partial charge in [-0.25, -0.2) is 0 Å². The summed E-state index contributed by atoms with van der Waals surface area (Å²) in [6.07, 6.45) is 0.172. The first-order valence-corrected chi connectivity index (χ1v) is 6.42. The van der Waals surface area contributed by atoms with Crippen molar-refractivity contribution in [3.8, 4) is 5.75 Å². The standard InChI is InChI=1S/C15H22O3/c1-11(2)18-13-7-5-12(6-8-13)15(9-17-10-15)14(3,4)16/h5-8,11,16H,9-10H2,1-4H3. The highest BCUT2D eigenvalue weighted by molar-refractivity contribution is 5.36. The fourth-order valence-corrected chi connectivity index (χ4v) is 2.30. The van der Waals surface area contributed by atoms with Gasteiger partial charge in [-0.3, -0.25) is 0 Å². The number of hydrogen-bond acceptors (Lipinski definition) is 3. The Morgan fingerprint density at radius 1 is 1.22 bits per heavy atom. The van der Waals surface area contributed by atoms with Crippen LogP contribution in [0.4, 0.5) is 0 Å². The Kier molecular flexibility index (Phi) is 3.39. The minimum absolute atomic E-state index is 0.172. The summed E-state index contributed by atoms with van der Waals surface area (Å²) < 4.78 is 10.9. The summed E-state index contributed by atoms with van der Waals surface area (Å²) in [5.74, 6) is 0.861. The molecular weight excluding hydrogens is 228 g/mol. The van der Waals surface area contributed by atoms with E-state index in [4.69, 9.17) is 9.47 Å². The van der Waals surface area contributed by atoms with Crippen LogP contribution >= 0.6 is 0 Å². The molecule has 100 valence electrons. The monoisotopic (exact) mass is 250 g/mol. The van der Waals surface area contributed by atoms with E-state index in [1.54, 1.807) is 0 Å². The summed E-state index contributed by atoms with van der Waals surface area (Å²) in [5, 5.41) is 10.3. The summed E-state index contributed by atoms with van der Waals surface area (Å²) in [7, 11) is 0. The molecule has 0 unspecified atom stereocenters. The van der Waals surface area contributed by atoms with Crippen molar-refractivity contribution < 1.29 is 14.6 Å². The molecule has 18 heavy (non-hydrogen) atoms. The van der Waals surface area contributed by atoms with Crippen LogP contribution in [0.15, 0.2) is 24.3 Å². The van der Waals surface area contributed by atoms with Crippen LogP contribution in [0.25, 0.3) is 0 Å². The molecule has 0 aliphatic carbocycles. The van der Waals surface area contributed by atoms with Crippen molar-refractivity contribution in [2.45, 2.75) is 44.8 Å². The van der Waals surface area contributed by atoms with E-state index in [9.17, 15) is 5.11 Å². The van der Waals surface area contributed by atoms with Gasteiger partial charge in [-0.1, -0.05) is 12.1 Å². The van der Waals surface area contributed by atoms with Gasteiger partial charge in [0.15, 0.2) is 0 Å². The lowest BCUT2D eigenvalue weighted by Gasteiger charge is -2.50. The molecule has 1 aromatic carbocycles. The molecule has 1 aliphatic rings. The smallest absolute Gasteiger partial charge is 0.119 e. The molecule has 1 N–H and O–H groups in total. The van der Waals surface area contributed by atoms with Gasteiger partial charge in [0.1, 0.15) is 5.75 Å². The molecule has 0 bridgehead atoms. The summed E-state index contributed by atoms with van der Waals surface area (Å²) in [6, 6.07) is 7.97. The summed E-state index contributed by atoms with van der Waals surface area (Å²) >= 11 is 0. The van der Waals surface area contributed by atoms with Crippen molar-refractivity contribution in [2.75, 3.05) is 13.2 Å². The first-order valence-electron chi connectivity index (χ1n) is 6.42. The summed E-state index contributed by atoms with van der Waals surface area (Å²) in [5.41, 5.74) is 0.0343. The van der Waals surface area contributed by atoms with Crippen LogP contribution in [0.1, 0.15) is 33.3 Å². The summed E-state index contributed by atoms with van der Waals surface area (Å²) in [6.45, 7) is 8.84. The molecule has 3 nitrogen and oxygen atoms in total. The molecule has 0 aromatic heterocycles. The lowest BCUT2D eigenvalue weighted by Crippen LogP contribution is -2.60. The highest BCUT2D eigenvalue weighted by Gasteiger charge is 2.51. The van der Waals surface area contributed by atoms with Crippen LogP contribution in [0.2, 0.25) is 0 Å². The maximum Gasteiger partial charge on any atom is 0.119 e. The van der Waals surface area contributed by atoms with E-state index >= 15 is 0 Å². The fraction of sp³-hybridized carbons (Fsp3) is 0.600. The molecular formula is C15H22O3. The summed E-state index contributed by atoms with van der Waals surface area (Å²) in [4.78, 5) is 0. The zero-order chi connectivity index (χ0) is 13.4. The molecule has 0 atom stereocenters. The zero-order valence-corrected chi connectivity index (χ0v) is 11.6. The third-order valence-electron chi connectivity index (χ3n) is 3.65. The van der Waals surface area contributed by atoms with Crippen LogP contribution < -0.4 is 4.74 Å². The minimum atomic E-state index is -0.786. The number of rotatable bonds is 4. The molecule has 0 amide bonds. The Bertz CT molecular complexity index is 397. The van der Waals surface area contributed by atoms with Gasteiger partial charge in [-0.15, -0.1) is 0 Å². The van der Waals surface area contributed by atoms with Crippen LogP contribution in [0.3, 0.4) is 0 Å². The maximum absolute atomic E-state index is 10.3. The van der Waals surface area contributed by atoms with Crippen molar-refractivity contribution in [2.24, 2.45) is 0 Å². The van der Waals surface area contributed by atoms with Gasteiger partial charge in [0.25, 0.3) is 0 Å². The van der Waals surface area contributed by atoms with Crippen molar-refractivity contribution in [1.82, 2.24) is 0 Å². The molecule has 1 aliphatic heterocycles. The first kappa shape index (κ1) is 13.4. The van der Waals surface area contributed by atoms with E-state index < -0.39 is 5.60 Å². The van der Waals surface area contributed by atoms with E-state index in [2.05, 4.69) is 0 Å². The lowest BCUT2D eigenvalue weighted by molar-refractivity contribution is -0.157. The highest BCUT2D eigenvalue weighted by atomic mass is 16.5. The molecule has 0 radical (unpaired) electrons. The van der Waals surface area contributed by atoms with Gasteiger partial charge in [-0.2, -0.15) is 0 Å². The third-order valence-corrected chi connectivity index (χ3v) is 3.65. The van der Waals surface area contributed by atoms with Gasteiger partial charge >= 0.3 is 0 Å². The van der Waals surface area contributed by atoms with Crippen LogP contribution in [0.5, 0.6) is 5.75 Å². The van der Waals surface area contributed by atoms with E-state index in [0.29, 0.717) is 13.2 Å². The van der Waals surface area contributed by atoms with E-state index in [0.717, 1.165) is 11.3 Å². The highest BCUT2D eigenvalue weighted by Crippen LogP contribution is 2.42. The Balaban J connectivity index is 2.23. The van der Waals surface area contributed by atoms with Crippen molar-refractivity contribution in [3.05, 3.63) is 29.8 Å². The second kappa shape index (κ2) is 4.56. The predicted octanol–water partition coefficient (Wildman–Crippen LogP) is 2.51. The molecule has 2 rings (SSSR count). The number of ether oxygens (including phenoxy) is 2. The quantitative estimate of drug-likeness (QED) is 0.892. The predicted molar refractivity (Wildman–Crippen MR) is 71.0 cm³/mol. The van der Waals surface area contributed by atoms with Gasteiger partial charge in [0.2, 0.25) is 0 Å². The number of benzene rings is 1. The number of hydrogen-bond donors (Lipinski definition) is 1.